The van der Waals surface area contributed by atoms with Gasteiger partial charge in [-0.3, -0.25) is 0 Å². The molecule has 0 aliphatic carbocycles. The van der Waals surface area contributed by atoms with Crippen LogP contribution in [0, 0.1) is 0 Å². The molecule has 0 heterocycles. The number of aliphatic hydroxyl groups is 1. The summed E-state index contributed by atoms with van der Waals surface area (Å²) in [6.45, 7) is 9.05. The molecule has 74 valence electrons. The highest BCUT2D eigenvalue weighted by atomic mass is 79.9. The Morgan fingerprint density at radius 1 is 1.17 bits per heavy atom. The van der Waals surface area contributed by atoms with E-state index >= 15 is 0 Å². The average Bonchev–Trinajstić information content (AvgIpc) is 2.13. The van der Waals surface area contributed by atoms with Crippen molar-refractivity contribution >= 4 is 15.9 Å². The third-order valence-corrected chi connectivity index (χ3v) is 3.24. The summed E-state index contributed by atoms with van der Waals surface area (Å²) in [4.78, 5) is 0. The van der Waals surface area contributed by atoms with E-state index in [1.165, 1.54) is 13.0 Å². The van der Waals surface area contributed by atoms with Crippen LogP contribution in [-0.4, -0.2) is 47.7 Å². The van der Waals surface area contributed by atoms with Gasteiger partial charge in [-0.05, 0) is 13.8 Å². The molecule has 0 aromatic heterocycles. The van der Waals surface area contributed by atoms with Crippen LogP contribution in [0.2, 0.25) is 0 Å². The predicted molar refractivity (Wildman–Crippen MR) is 56.6 cm³/mol. The standard InChI is InChI=1S/C9H21BrNO/c1-3-11(4-2,8-9-12)7-5-6-10/h12H,3-9H2,1-2H3/q+1. The molecule has 1 N–H and O–H groups in total. The van der Waals surface area contributed by atoms with Crippen molar-refractivity contribution in [3.63, 3.8) is 0 Å². The van der Waals surface area contributed by atoms with Crippen LogP contribution in [-0.2, 0) is 0 Å². The quantitative estimate of drug-likeness (QED) is 0.528. The van der Waals surface area contributed by atoms with E-state index in [1.807, 2.05) is 0 Å². The Hall–Kier alpha value is 0.400. The minimum absolute atomic E-state index is 0.309. The van der Waals surface area contributed by atoms with Gasteiger partial charge in [0.05, 0.1) is 26.2 Å². The highest BCUT2D eigenvalue weighted by Gasteiger charge is 2.20. The van der Waals surface area contributed by atoms with Gasteiger partial charge in [0.25, 0.3) is 0 Å². The molecule has 0 unspecified atom stereocenters. The first kappa shape index (κ1) is 12.4. The van der Waals surface area contributed by atoms with E-state index in [1.54, 1.807) is 0 Å². The van der Waals surface area contributed by atoms with Crippen molar-refractivity contribution in [3.05, 3.63) is 0 Å². The fourth-order valence-electron chi connectivity index (χ4n) is 1.58. The molecule has 0 atom stereocenters. The second-order valence-electron chi connectivity index (χ2n) is 3.19. The fraction of sp³-hybridized carbons (Fsp3) is 1.00. The van der Waals surface area contributed by atoms with E-state index < -0.39 is 0 Å². The SMILES string of the molecule is CC[N+](CC)(CCO)CCCBr. The van der Waals surface area contributed by atoms with Gasteiger partial charge < -0.3 is 9.59 Å². The maximum Gasteiger partial charge on any atom is 0.102 e. The van der Waals surface area contributed by atoms with E-state index in [9.17, 15) is 0 Å². The molecule has 2 nitrogen and oxygen atoms in total. The van der Waals surface area contributed by atoms with Crippen LogP contribution in [0.3, 0.4) is 0 Å². The minimum Gasteiger partial charge on any atom is -0.391 e. The van der Waals surface area contributed by atoms with Gasteiger partial charge >= 0.3 is 0 Å². The zero-order valence-electron chi connectivity index (χ0n) is 8.22. The summed E-state index contributed by atoms with van der Waals surface area (Å²) < 4.78 is 1.06. The van der Waals surface area contributed by atoms with Crippen LogP contribution in [0.15, 0.2) is 0 Å². The minimum atomic E-state index is 0.309. The van der Waals surface area contributed by atoms with Crippen LogP contribution in [0.25, 0.3) is 0 Å². The lowest BCUT2D eigenvalue weighted by molar-refractivity contribution is -0.925. The molecule has 0 amide bonds. The van der Waals surface area contributed by atoms with E-state index in [0.29, 0.717) is 6.61 Å². The first-order valence-corrected chi connectivity index (χ1v) is 5.88. The van der Waals surface area contributed by atoms with E-state index in [4.69, 9.17) is 5.11 Å². The Kier molecular flexibility index (Phi) is 7.10. The van der Waals surface area contributed by atoms with Crippen molar-refractivity contribution in [2.24, 2.45) is 0 Å². The smallest absolute Gasteiger partial charge is 0.102 e. The molecule has 0 aliphatic rings. The number of alkyl halides is 1. The van der Waals surface area contributed by atoms with Gasteiger partial charge in [0.2, 0.25) is 0 Å². The van der Waals surface area contributed by atoms with Gasteiger partial charge in [0.15, 0.2) is 0 Å². The number of aliphatic hydroxyl groups excluding tert-OH is 1. The van der Waals surface area contributed by atoms with Crippen molar-refractivity contribution in [1.82, 2.24) is 0 Å². The number of quaternary nitrogens is 1. The lowest BCUT2D eigenvalue weighted by Gasteiger charge is -2.36. The summed E-state index contributed by atoms with van der Waals surface area (Å²) in [6, 6.07) is 0. The van der Waals surface area contributed by atoms with Gasteiger partial charge in [-0.25, -0.2) is 0 Å². The summed E-state index contributed by atoms with van der Waals surface area (Å²) in [5.74, 6) is 0. The second kappa shape index (κ2) is 6.87. The highest BCUT2D eigenvalue weighted by molar-refractivity contribution is 9.09. The molecule has 0 spiro atoms. The molecule has 0 fully saturated rings. The van der Waals surface area contributed by atoms with E-state index in [0.717, 1.165) is 29.4 Å². The molecule has 0 rings (SSSR count). The molecule has 0 saturated carbocycles. The summed E-state index contributed by atoms with van der Waals surface area (Å²) >= 11 is 3.44. The second-order valence-corrected chi connectivity index (χ2v) is 3.98. The van der Waals surface area contributed by atoms with Crippen molar-refractivity contribution < 1.29 is 9.59 Å². The summed E-state index contributed by atoms with van der Waals surface area (Å²) in [5, 5.41) is 10.0. The molecule has 3 heteroatoms. The van der Waals surface area contributed by atoms with Crippen molar-refractivity contribution in [2.45, 2.75) is 20.3 Å². The number of likely N-dealkylation sites (N-methyl/N-ethyl adjacent to an activating group) is 1. The van der Waals surface area contributed by atoms with Crippen molar-refractivity contribution in [2.75, 3.05) is 38.1 Å². The largest absolute Gasteiger partial charge is 0.391 e. The maximum atomic E-state index is 8.94. The molecular weight excluding hydrogens is 218 g/mol. The van der Waals surface area contributed by atoms with E-state index in [2.05, 4.69) is 29.8 Å². The summed E-state index contributed by atoms with van der Waals surface area (Å²) in [6.07, 6.45) is 1.20. The number of nitrogens with zero attached hydrogens (tertiary/aromatic N) is 1. The lowest BCUT2D eigenvalue weighted by Crippen LogP contribution is -2.50. The third-order valence-electron chi connectivity index (χ3n) is 2.68. The van der Waals surface area contributed by atoms with Crippen molar-refractivity contribution in [1.29, 1.82) is 0 Å². The molecular formula is C9H21BrNO+. The van der Waals surface area contributed by atoms with Crippen LogP contribution >= 0.6 is 15.9 Å². The highest BCUT2D eigenvalue weighted by Crippen LogP contribution is 2.07. The Morgan fingerprint density at radius 2 is 1.75 bits per heavy atom. The maximum absolute atomic E-state index is 8.94. The lowest BCUT2D eigenvalue weighted by atomic mass is 10.3. The van der Waals surface area contributed by atoms with Gasteiger partial charge in [0, 0.05) is 11.8 Å². The number of rotatable bonds is 7. The molecule has 0 aromatic rings. The Labute approximate surface area is 84.3 Å². The Balaban J connectivity index is 3.95. The molecule has 0 saturated heterocycles. The average molecular weight is 239 g/mol. The Morgan fingerprint density at radius 3 is 2.08 bits per heavy atom. The van der Waals surface area contributed by atoms with Crippen LogP contribution < -0.4 is 0 Å². The normalized spacial score (nSPS) is 12.0. The first-order chi connectivity index (χ1) is 5.74. The van der Waals surface area contributed by atoms with Gasteiger partial charge in [0.1, 0.15) is 6.54 Å². The zero-order valence-corrected chi connectivity index (χ0v) is 9.81. The topological polar surface area (TPSA) is 20.2 Å². The molecule has 12 heavy (non-hydrogen) atoms. The molecule has 0 bridgehead atoms. The van der Waals surface area contributed by atoms with Crippen LogP contribution in [0.1, 0.15) is 20.3 Å². The van der Waals surface area contributed by atoms with Crippen LogP contribution in [0.4, 0.5) is 0 Å². The van der Waals surface area contributed by atoms with Crippen LogP contribution in [0.5, 0.6) is 0 Å². The van der Waals surface area contributed by atoms with Gasteiger partial charge in [-0.15, -0.1) is 0 Å². The predicted octanol–water partition coefficient (Wildman–Crippen LogP) is 1.62. The molecule has 0 aromatic carbocycles. The van der Waals surface area contributed by atoms with Gasteiger partial charge in [-0.1, -0.05) is 15.9 Å². The Bertz CT molecular complexity index is 105. The zero-order chi connectivity index (χ0) is 9.45. The fourth-order valence-corrected chi connectivity index (χ4v) is 1.83. The number of hydrogen-bond donors (Lipinski definition) is 1. The van der Waals surface area contributed by atoms with Gasteiger partial charge in [-0.2, -0.15) is 0 Å². The number of halogens is 1. The summed E-state index contributed by atoms with van der Waals surface area (Å²) in [7, 11) is 0. The molecule has 0 radical (unpaired) electrons. The molecule has 0 aliphatic heterocycles. The third kappa shape index (κ3) is 3.87. The monoisotopic (exact) mass is 238 g/mol. The van der Waals surface area contributed by atoms with Crippen molar-refractivity contribution in [3.8, 4) is 0 Å². The van der Waals surface area contributed by atoms with E-state index in [-0.39, 0.29) is 0 Å². The number of hydrogen-bond acceptors (Lipinski definition) is 1. The first-order valence-electron chi connectivity index (χ1n) is 4.76. The summed E-state index contributed by atoms with van der Waals surface area (Å²) in [5.41, 5.74) is 0.